The summed E-state index contributed by atoms with van der Waals surface area (Å²) in [5.41, 5.74) is 0. The van der Waals surface area contributed by atoms with Crippen LogP contribution in [-0.4, -0.2) is 64.9 Å². The fourth-order valence-corrected chi connectivity index (χ4v) is 6.63. The van der Waals surface area contributed by atoms with E-state index in [1.54, 1.807) is 0 Å². The smallest absolute Gasteiger partial charge is 0.472 e. The number of rotatable bonds is 40. The lowest BCUT2D eigenvalue weighted by Gasteiger charge is -2.18. The van der Waals surface area contributed by atoms with Crippen molar-refractivity contribution in [3.8, 4) is 0 Å². The first-order chi connectivity index (χ1) is 26.6. The summed E-state index contributed by atoms with van der Waals surface area (Å²) in [4.78, 5) is 45.9. The largest absolute Gasteiger partial charge is 0.480 e. The van der Waals surface area contributed by atoms with Gasteiger partial charge in [0.1, 0.15) is 12.7 Å². The highest BCUT2D eigenvalue weighted by atomic mass is 31.2. The number of hydrogen-bond donors (Lipinski definition) is 4. The number of carboxylic acids is 1. The average Bonchev–Trinajstić information content (AvgIpc) is 3.16. The van der Waals surface area contributed by atoms with Crippen LogP contribution in [0.25, 0.3) is 0 Å². The normalized spacial score (nSPS) is 14.1. The van der Waals surface area contributed by atoms with Gasteiger partial charge in [-0.3, -0.25) is 18.6 Å². The predicted molar refractivity (Wildman–Crippen MR) is 222 cm³/mol. The summed E-state index contributed by atoms with van der Waals surface area (Å²) in [5.74, 6) is -2.38. The van der Waals surface area contributed by atoms with Gasteiger partial charge in [-0.15, -0.1) is 0 Å². The maximum atomic E-state index is 12.3. The minimum absolute atomic E-state index is 0.134. The molecule has 1 amide bonds. The Labute approximate surface area is 333 Å². The fourth-order valence-electron chi connectivity index (χ4n) is 5.86. The van der Waals surface area contributed by atoms with E-state index >= 15 is 0 Å². The number of carbonyl (C=O) groups is 3. The lowest BCUT2D eigenvalue weighted by atomic mass is 10.0. The van der Waals surface area contributed by atoms with Gasteiger partial charge in [-0.2, -0.15) is 0 Å². The Morgan fingerprint density at radius 3 is 1.58 bits per heavy atom. The second-order valence-electron chi connectivity index (χ2n) is 14.5. The van der Waals surface area contributed by atoms with E-state index in [0.29, 0.717) is 12.8 Å². The van der Waals surface area contributed by atoms with Gasteiger partial charge in [-0.05, 0) is 44.9 Å². The van der Waals surface area contributed by atoms with Crippen molar-refractivity contribution in [3.63, 3.8) is 0 Å². The number of unbranched alkanes of at least 4 members (excludes halogenated alkanes) is 20. The molecular weight excluding hydrogens is 721 g/mol. The molecule has 0 fully saturated rings. The molecule has 0 spiro atoms. The van der Waals surface area contributed by atoms with Crippen LogP contribution in [0.3, 0.4) is 0 Å². The van der Waals surface area contributed by atoms with Gasteiger partial charge in [0.2, 0.25) is 5.91 Å². The van der Waals surface area contributed by atoms with Gasteiger partial charge < -0.3 is 25.2 Å². The van der Waals surface area contributed by atoms with E-state index in [0.717, 1.165) is 83.5 Å². The molecule has 4 N–H and O–H groups in total. The van der Waals surface area contributed by atoms with Gasteiger partial charge in [-0.1, -0.05) is 166 Å². The number of phosphoric acid groups is 1. The van der Waals surface area contributed by atoms with Crippen molar-refractivity contribution in [2.45, 2.75) is 199 Å². The molecule has 0 aliphatic carbocycles. The Bertz CT molecular complexity index is 1080. The highest BCUT2D eigenvalue weighted by molar-refractivity contribution is 7.47. The number of esters is 1. The summed E-state index contributed by atoms with van der Waals surface area (Å²) in [6.45, 7) is 2.48. The zero-order chi connectivity index (χ0) is 40.7. The SMILES string of the molecule is CC/C=C\C/C=C\C/C=C\CCCCCCCCCC(=O)NC(COP(=O)(O)OCC(O)COC(=O)CCCCCCCCCCCCCCCC)C(=O)O. The van der Waals surface area contributed by atoms with Crippen molar-refractivity contribution in [1.29, 1.82) is 0 Å². The number of aliphatic hydroxyl groups is 1. The minimum Gasteiger partial charge on any atom is -0.480 e. The number of aliphatic carboxylic acids is 1. The van der Waals surface area contributed by atoms with Crippen molar-refractivity contribution in [3.05, 3.63) is 36.5 Å². The van der Waals surface area contributed by atoms with Crippen molar-refractivity contribution in [2.24, 2.45) is 0 Å². The topological polar surface area (TPSA) is 169 Å². The van der Waals surface area contributed by atoms with Crippen LogP contribution in [0.2, 0.25) is 0 Å². The van der Waals surface area contributed by atoms with Crippen molar-refractivity contribution in [1.82, 2.24) is 5.32 Å². The quantitative estimate of drug-likeness (QED) is 0.0202. The lowest BCUT2D eigenvalue weighted by molar-refractivity contribution is -0.147. The van der Waals surface area contributed by atoms with Crippen LogP contribution in [0.4, 0.5) is 0 Å². The van der Waals surface area contributed by atoms with Crippen molar-refractivity contribution < 1.29 is 47.8 Å². The number of carbonyl (C=O) groups excluding carboxylic acids is 2. The molecule has 11 nitrogen and oxygen atoms in total. The third-order valence-corrected chi connectivity index (χ3v) is 10.1. The Kier molecular flexibility index (Phi) is 37.0. The lowest BCUT2D eigenvalue weighted by Crippen LogP contribution is -2.43. The number of allylic oxidation sites excluding steroid dienone is 6. The van der Waals surface area contributed by atoms with Crippen LogP contribution >= 0.6 is 7.82 Å². The van der Waals surface area contributed by atoms with Crippen LogP contribution in [0, 0.1) is 0 Å². The summed E-state index contributed by atoms with van der Waals surface area (Å²) in [5, 5.41) is 21.8. The molecule has 0 heterocycles. The van der Waals surface area contributed by atoms with Crippen LogP contribution in [0.15, 0.2) is 36.5 Å². The number of carboxylic acid groups (broad SMARTS) is 1. The summed E-state index contributed by atoms with van der Waals surface area (Å²) < 4.78 is 26.8. The van der Waals surface area contributed by atoms with Crippen molar-refractivity contribution >= 4 is 25.7 Å². The van der Waals surface area contributed by atoms with Gasteiger partial charge >= 0.3 is 19.8 Å². The molecule has 0 saturated heterocycles. The van der Waals surface area contributed by atoms with Crippen LogP contribution in [0.1, 0.15) is 187 Å². The van der Waals surface area contributed by atoms with E-state index in [1.807, 2.05) is 0 Å². The standard InChI is InChI=1S/C43H78NO10P/c1-3-5-7-9-11-13-15-17-19-20-21-22-24-26-28-30-32-34-41(46)44-40(43(48)49)38-54-55(50,51)53-37-39(45)36-52-42(47)35-33-31-29-27-25-23-18-16-14-12-10-8-6-4-2/h5,7,11,13,17,19,39-40,45H,3-4,6,8-10,12,14-16,18,20-38H2,1-2H3,(H,44,46)(H,48,49)(H,50,51)/b7-5-,13-11-,19-17-. The van der Waals surface area contributed by atoms with Gasteiger partial charge in [0.15, 0.2) is 6.04 Å². The fraction of sp³-hybridized carbons (Fsp3) is 0.791. The van der Waals surface area contributed by atoms with Crippen molar-refractivity contribution in [2.75, 3.05) is 19.8 Å². The third-order valence-electron chi connectivity index (χ3n) is 9.19. The highest BCUT2D eigenvalue weighted by Gasteiger charge is 2.28. The van der Waals surface area contributed by atoms with Crippen LogP contribution in [-0.2, 0) is 32.7 Å². The van der Waals surface area contributed by atoms with Gasteiger partial charge in [0.05, 0.1) is 13.2 Å². The predicted octanol–water partition coefficient (Wildman–Crippen LogP) is 10.8. The summed E-state index contributed by atoms with van der Waals surface area (Å²) in [6.07, 6.45) is 40.2. The summed E-state index contributed by atoms with van der Waals surface area (Å²) >= 11 is 0. The molecule has 0 aromatic rings. The first kappa shape index (κ1) is 52.7. The monoisotopic (exact) mass is 800 g/mol. The molecular formula is C43H78NO10P. The van der Waals surface area contributed by atoms with E-state index in [2.05, 4.69) is 55.6 Å². The molecule has 0 radical (unpaired) electrons. The molecule has 0 rings (SSSR count). The second kappa shape index (κ2) is 38.6. The molecule has 320 valence electrons. The molecule has 0 aliphatic rings. The first-order valence-corrected chi connectivity index (χ1v) is 23.0. The molecule has 3 unspecified atom stereocenters. The summed E-state index contributed by atoms with van der Waals surface area (Å²) in [7, 11) is -4.76. The molecule has 0 bridgehead atoms. The van der Waals surface area contributed by atoms with E-state index in [-0.39, 0.29) is 12.8 Å². The van der Waals surface area contributed by atoms with E-state index in [9.17, 15) is 34.1 Å². The number of ether oxygens (including phenoxy) is 1. The zero-order valence-corrected chi connectivity index (χ0v) is 35.4. The number of phosphoric ester groups is 1. The number of amides is 1. The van der Waals surface area contributed by atoms with E-state index in [4.69, 9.17) is 13.8 Å². The Balaban J connectivity index is 3.92. The number of aliphatic hydroxyl groups excluding tert-OH is 1. The number of nitrogens with one attached hydrogen (secondary N) is 1. The van der Waals surface area contributed by atoms with E-state index < -0.39 is 57.6 Å². The third kappa shape index (κ3) is 38.4. The molecule has 55 heavy (non-hydrogen) atoms. The minimum atomic E-state index is -4.76. The Hall–Kier alpha value is -2.30. The molecule has 0 aromatic heterocycles. The zero-order valence-electron chi connectivity index (χ0n) is 34.5. The second-order valence-corrected chi connectivity index (χ2v) is 16.0. The average molecular weight is 800 g/mol. The highest BCUT2D eigenvalue weighted by Crippen LogP contribution is 2.43. The van der Waals surface area contributed by atoms with Crippen LogP contribution in [0.5, 0.6) is 0 Å². The number of hydrogen-bond acceptors (Lipinski definition) is 8. The molecule has 0 aliphatic heterocycles. The van der Waals surface area contributed by atoms with Gasteiger partial charge in [0, 0.05) is 12.8 Å². The molecule has 0 saturated carbocycles. The maximum absolute atomic E-state index is 12.3. The Morgan fingerprint density at radius 2 is 1.05 bits per heavy atom. The molecule has 0 aromatic carbocycles. The van der Waals surface area contributed by atoms with Crippen LogP contribution < -0.4 is 5.32 Å². The van der Waals surface area contributed by atoms with E-state index in [1.165, 1.54) is 64.2 Å². The first-order valence-electron chi connectivity index (χ1n) is 21.5. The summed E-state index contributed by atoms with van der Waals surface area (Å²) in [6, 6.07) is -1.55. The Morgan fingerprint density at radius 1 is 0.600 bits per heavy atom. The maximum Gasteiger partial charge on any atom is 0.472 e. The van der Waals surface area contributed by atoms with Gasteiger partial charge in [-0.25, -0.2) is 9.36 Å². The van der Waals surface area contributed by atoms with Gasteiger partial charge in [0.25, 0.3) is 0 Å². The molecule has 12 heteroatoms. The molecule has 3 atom stereocenters.